The summed E-state index contributed by atoms with van der Waals surface area (Å²) in [5.74, 6) is -3.71. The van der Waals surface area contributed by atoms with Crippen molar-refractivity contribution in [1.29, 1.82) is 0 Å². The van der Waals surface area contributed by atoms with Crippen LogP contribution in [0.2, 0.25) is 0 Å². The van der Waals surface area contributed by atoms with Gasteiger partial charge in [-0.15, -0.1) is 11.3 Å². The van der Waals surface area contributed by atoms with E-state index in [1.807, 2.05) is 0 Å². The zero-order valence-corrected chi connectivity index (χ0v) is 9.67. The number of carbonyl (C=O) groups excluding carboxylic acids is 1. The molecule has 0 atom stereocenters. The van der Waals surface area contributed by atoms with Gasteiger partial charge in [0.2, 0.25) is 0 Å². The van der Waals surface area contributed by atoms with Gasteiger partial charge in [0.05, 0.1) is 11.1 Å². The number of halogens is 3. The summed E-state index contributed by atoms with van der Waals surface area (Å²) in [5.41, 5.74) is -0.449. The van der Waals surface area contributed by atoms with E-state index in [9.17, 15) is 22.8 Å². The molecule has 0 aliphatic carbocycles. The Hall–Kier alpha value is -2.23. The van der Waals surface area contributed by atoms with Gasteiger partial charge in [-0.3, -0.25) is 4.79 Å². The van der Waals surface area contributed by atoms with Crippen LogP contribution in [0.3, 0.4) is 0 Å². The smallest absolute Gasteiger partial charge is 0.471 e. The molecule has 0 saturated heterocycles. The minimum Gasteiger partial charge on any atom is -0.477 e. The molecule has 10 heteroatoms. The van der Waals surface area contributed by atoms with Crippen molar-refractivity contribution < 1.29 is 27.9 Å². The fourth-order valence-corrected chi connectivity index (χ4v) is 2.21. The van der Waals surface area contributed by atoms with Crippen LogP contribution in [0.4, 0.5) is 18.9 Å². The number of aromatic nitrogens is 2. The summed E-state index contributed by atoms with van der Waals surface area (Å²) in [5, 5.41) is 10.5. The summed E-state index contributed by atoms with van der Waals surface area (Å²) in [6.45, 7) is 0. The molecule has 2 N–H and O–H groups in total. The normalized spacial score (nSPS) is 11.5. The van der Waals surface area contributed by atoms with E-state index in [2.05, 4.69) is 9.97 Å². The lowest BCUT2D eigenvalue weighted by Crippen LogP contribution is -2.30. The number of aromatic carboxylic acids is 1. The molecule has 0 radical (unpaired) electrons. The Morgan fingerprint density at radius 3 is 2.63 bits per heavy atom. The Labute approximate surface area is 106 Å². The van der Waals surface area contributed by atoms with Crippen molar-refractivity contribution in [2.75, 3.05) is 5.32 Å². The Bertz CT molecular complexity index is 668. The second-order valence-electron chi connectivity index (χ2n) is 3.30. The number of hydrogen-bond donors (Lipinski definition) is 2. The summed E-state index contributed by atoms with van der Waals surface area (Å²) in [4.78, 5) is 28.9. The molecular formula is C9H4F3N3O3S. The Morgan fingerprint density at radius 1 is 1.37 bits per heavy atom. The Balaban J connectivity index is 2.54. The molecule has 0 aromatic carbocycles. The number of carboxylic acids is 1. The first-order valence-electron chi connectivity index (χ1n) is 4.64. The largest absolute Gasteiger partial charge is 0.477 e. The summed E-state index contributed by atoms with van der Waals surface area (Å²) < 4.78 is 36.6. The van der Waals surface area contributed by atoms with Crippen LogP contribution in [0.15, 0.2) is 12.5 Å². The van der Waals surface area contributed by atoms with Crippen molar-refractivity contribution in [2.45, 2.75) is 6.18 Å². The van der Waals surface area contributed by atoms with Crippen LogP contribution in [-0.4, -0.2) is 33.1 Å². The van der Waals surface area contributed by atoms with Crippen LogP contribution in [0.1, 0.15) is 9.67 Å². The number of amides is 1. The molecule has 0 saturated carbocycles. The molecule has 1 amide bonds. The van der Waals surface area contributed by atoms with Crippen molar-refractivity contribution in [1.82, 2.24) is 9.97 Å². The molecule has 0 fully saturated rings. The van der Waals surface area contributed by atoms with E-state index >= 15 is 0 Å². The van der Waals surface area contributed by atoms with E-state index in [0.29, 0.717) is 11.3 Å². The lowest BCUT2D eigenvalue weighted by atomic mass is 10.3. The summed E-state index contributed by atoms with van der Waals surface area (Å²) >= 11 is 0.652. The van der Waals surface area contributed by atoms with Gasteiger partial charge >= 0.3 is 18.1 Å². The molecule has 0 spiro atoms. The number of anilines is 1. The number of hydrogen-bond acceptors (Lipinski definition) is 5. The van der Waals surface area contributed by atoms with Crippen molar-refractivity contribution in [3.8, 4) is 0 Å². The number of rotatable bonds is 2. The molecule has 2 rings (SSSR count). The molecule has 100 valence electrons. The van der Waals surface area contributed by atoms with Gasteiger partial charge in [-0.05, 0) is 0 Å². The monoisotopic (exact) mass is 291 g/mol. The van der Waals surface area contributed by atoms with Crippen molar-refractivity contribution >= 4 is 39.1 Å². The maximum atomic E-state index is 12.2. The van der Waals surface area contributed by atoms with E-state index < -0.39 is 28.6 Å². The topological polar surface area (TPSA) is 92.2 Å². The zero-order chi connectivity index (χ0) is 14.2. The maximum absolute atomic E-state index is 12.2. The van der Waals surface area contributed by atoms with E-state index in [0.717, 1.165) is 12.5 Å². The van der Waals surface area contributed by atoms with E-state index in [1.54, 1.807) is 5.32 Å². The summed E-state index contributed by atoms with van der Waals surface area (Å²) in [6, 6.07) is 0. The Morgan fingerprint density at radius 2 is 2.05 bits per heavy atom. The van der Waals surface area contributed by atoms with Crippen LogP contribution < -0.4 is 5.32 Å². The lowest BCUT2D eigenvalue weighted by molar-refractivity contribution is -0.167. The predicted octanol–water partition coefficient (Wildman–Crippen LogP) is 1.89. The SMILES string of the molecule is O=C(O)c1sc2ncncc2c1NC(=O)C(F)(F)F. The van der Waals surface area contributed by atoms with Crippen LogP contribution in [-0.2, 0) is 4.79 Å². The standard InChI is InChI=1S/C9H4F3N3O3S/c10-9(11,12)8(18)15-4-3-1-13-2-14-6(3)19-5(4)7(16)17/h1-2H,(H,15,18)(H,16,17). The second kappa shape index (κ2) is 4.46. The van der Waals surface area contributed by atoms with Gasteiger partial charge in [-0.25, -0.2) is 14.8 Å². The van der Waals surface area contributed by atoms with Crippen LogP contribution in [0.25, 0.3) is 10.2 Å². The average molecular weight is 291 g/mol. The molecule has 0 bridgehead atoms. The highest BCUT2D eigenvalue weighted by molar-refractivity contribution is 7.21. The number of nitrogens with zero attached hydrogens (tertiary/aromatic N) is 2. The molecule has 0 unspecified atom stereocenters. The number of carboxylic acid groups (broad SMARTS) is 1. The van der Waals surface area contributed by atoms with Gasteiger partial charge in [0.15, 0.2) is 0 Å². The predicted molar refractivity (Wildman–Crippen MR) is 59.1 cm³/mol. The van der Waals surface area contributed by atoms with Gasteiger partial charge in [0.25, 0.3) is 0 Å². The van der Waals surface area contributed by atoms with Crippen LogP contribution in [0.5, 0.6) is 0 Å². The Kier molecular flexibility index (Phi) is 3.10. The zero-order valence-electron chi connectivity index (χ0n) is 8.85. The third-order valence-corrected chi connectivity index (χ3v) is 3.16. The number of nitrogens with one attached hydrogen (secondary N) is 1. The molecular weight excluding hydrogens is 287 g/mol. The fraction of sp³-hybridized carbons (Fsp3) is 0.111. The number of fused-ring (bicyclic) bond motifs is 1. The highest BCUT2D eigenvalue weighted by atomic mass is 32.1. The number of thiophene rings is 1. The molecule has 2 aromatic heterocycles. The number of alkyl halides is 3. The minimum absolute atomic E-state index is 0.0440. The van der Waals surface area contributed by atoms with Crippen LogP contribution in [0, 0.1) is 0 Å². The van der Waals surface area contributed by atoms with Gasteiger partial charge < -0.3 is 10.4 Å². The molecule has 0 aliphatic rings. The molecule has 19 heavy (non-hydrogen) atoms. The van der Waals surface area contributed by atoms with Crippen molar-refractivity contribution in [3.63, 3.8) is 0 Å². The van der Waals surface area contributed by atoms with Gasteiger partial charge in [-0.2, -0.15) is 13.2 Å². The van der Waals surface area contributed by atoms with Crippen LogP contribution >= 0.6 is 11.3 Å². The number of carbonyl (C=O) groups is 2. The first kappa shape index (κ1) is 13.2. The maximum Gasteiger partial charge on any atom is 0.471 e. The molecule has 0 aliphatic heterocycles. The fourth-order valence-electron chi connectivity index (χ4n) is 1.30. The third kappa shape index (κ3) is 2.47. The van der Waals surface area contributed by atoms with Gasteiger partial charge in [0.1, 0.15) is 16.0 Å². The molecule has 2 aromatic rings. The first-order valence-corrected chi connectivity index (χ1v) is 5.46. The lowest BCUT2D eigenvalue weighted by Gasteiger charge is -2.07. The van der Waals surface area contributed by atoms with Crippen molar-refractivity contribution in [3.05, 3.63) is 17.4 Å². The van der Waals surface area contributed by atoms with Crippen molar-refractivity contribution in [2.24, 2.45) is 0 Å². The summed E-state index contributed by atoms with van der Waals surface area (Å²) in [6.07, 6.45) is -2.85. The quantitative estimate of drug-likeness (QED) is 0.881. The van der Waals surface area contributed by atoms with E-state index in [1.165, 1.54) is 0 Å². The molecule has 2 heterocycles. The second-order valence-corrected chi connectivity index (χ2v) is 4.30. The molecule has 6 nitrogen and oxygen atoms in total. The summed E-state index contributed by atoms with van der Waals surface area (Å²) in [7, 11) is 0. The third-order valence-electron chi connectivity index (χ3n) is 2.06. The first-order chi connectivity index (χ1) is 8.80. The van der Waals surface area contributed by atoms with E-state index in [4.69, 9.17) is 5.11 Å². The van der Waals surface area contributed by atoms with Gasteiger partial charge in [0, 0.05) is 6.20 Å². The van der Waals surface area contributed by atoms with E-state index in [-0.39, 0.29) is 10.2 Å². The van der Waals surface area contributed by atoms with Gasteiger partial charge in [-0.1, -0.05) is 0 Å². The minimum atomic E-state index is -5.11. The highest BCUT2D eigenvalue weighted by Crippen LogP contribution is 2.34. The average Bonchev–Trinajstić information content (AvgIpc) is 2.67. The highest BCUT2D eigenvalue weighted by Gasteiger charge is 2.39.